The summed E-state index contributed by atoms with van der Waals surface area (Å²) in [6.07, 6.45) is 4.97. The van der Waals surface area contributed by atoms with Gasteiger partial charge in [0.1, 0.15) is 0 Å². The molecule has 0 spiro atoms. The van der Waals surface area contributed by atoms with Crippen molar-refractivity contribution in [3.63, 3.8) is 0 Å². The molecule has 2 aliphatic heterocycles. The van der Waals surface area contributed by atoms with Crippen LogP contribution in [0.3, 0.4) is 0 Å². The molecule has 1 aliphatic carbocycles. The Morgan fingerprint density at radius 3 is 2.32 bits per heavy atom. The third-order valence-electron chi connectivity index (χ3n) is 7.52. The summed E-state index contributed by atoms with van der Waals surface area (Å²) in [6.45, 7) is 0. The van der Waals surface area contributed by atoms with Gasteiger partial charge in [-0.1, -0.05) is 36.4 Å². The number of para-hydroxylation sites is 1. The maximum atomic E-state index is 9.33. The monoisotopic (exact) mass is 485 g/mol. The van der Waals surface area contributed by atoms with Crippen molar-refractivity contribution in [2.45, 2.75) is 24.8 Å². The van der Waals surface area contributed by atoms with Crippen molar-refractivity contribution in [3.8, 4) is 28.3 Å². The Kier molecular flexibility index (Phi) is 4.89. The van der Waals surface area contributed by atoms with Crippen molar-refractivity contribution < 1.29 is 9.77 Å². The van der Waals surface area contributed by atoms with E-state index in [1.807, 2.05) is 60.7 Å². The van der Waals surface area contributed by atoms with Crippen molar-refractivity contribution >= 4 is 27.8 Å². The second-order valence-electron chi connectivity index (χ2n) is 9.72. The topological polar surface area (TPSA) is 101 Å². The first-order chi connectivity index (χ1) is 18.1. The molecule has 37 heavy (non-hydrogen) atoms. The normalized spacial score (nSPS) is 14.6. The summed E-state index contributed by atoms with van der Waals surface area (Å²) in [5.41, 5.74) is 16.5. The van der Waals surface area contributed by atoms with E-state index in [0.29, 0.717) is 11.3 Å². The molecule has 1 saturated carbocycles. The molecule has 1 aromatic heterocycles. The fraction of sp³-hybridized carbons (Fsp3) is 0.133. The lowest BCUT2D eigenvalue weighted by atomic mass is 9.72. The highest BCUT2D eigenvalue weighted by molar-refractivity contribution is 5.90. The molecule has 0 radical (unpaired) electrons. The Balaban J connectivity index is 1.57. The fourth-order valence-electron chi connectivity index (χ4n) is 5.34. The maximum absolute atomic E-state index is 9.33. The van der Waals surface area contributed by atoms with Gasteiger partial charge in [0.15, 0.2) is 11.2 Å². The van der Waals surface area contributed by atoms with Gasteiger partial charge in [-0.3, -0.25) is 10.7 Å². The van der Waals surface area contributed by atoms with E-state index < -0.39 is 0 Å². The van der Waals surface area contributed by atoms with Crippen LogP contribution in [0.4, 0.5) is 5.69 Å². The van der Waals surface area contributed by atoms with E-state index in [0.717, 1.165) is 57.6 Å². The molecule has 4 aromatic rings. The molecule has 3 aromatic carbocycles. The number of anilines is 1. The predicted molar refractivity (Wildman–Crippen MR) is 144 cm³/mol. The largest absolute Gasteiger partial charge is 0.339 e. The number of aromatic nitrogens is 4. The summed E-state index contributed by atoms with van der Waals surface area (Å²) < 4.78 is 2.17. The van der Waals surface area contributed by atoms with Gasteiger partial charge in [-0.25, -0.2) is 9.97 Å². The molecule has 0 atom stereocenters. The number of pyridine rings is 1. The first-order valence-electron chi connectivity index (χ1n) is 12.4. The zero-order valence-corrected chi connectivity index (χ0v) is 20.1. The van der Waals surface area contributed by atoms with Crippen LogP contribution in [0.1, 0.15) is 24.8 Å². The minimum absolute atomic E-state index is 0.225. The summed E-state index contributed by atoms with van der Waals surface area (Å²) >= 11 is 0. The first kappa shape index (κ1) is 21.8. The number of rotatable bonds is 4. The highest BCUT2D eigenvalue weighted by Gasteiger charge is 2.36. The Bertz CT molecular complexity index is 1740. The van der Waals surface area contributed by atoms with Gasteiger partial charge in [-0.05, 0) is 78.3 Å². The SMILES string of the molecule is NC1(c2ccc(-c3c(-c4ccc(NO)cc4)nc4c5ccccc5nc5ncccc5[n+]3-4)cc2)CCC1. The number of hydrogen-bond donors (Lipinski definition) is 3. The van der Waals surface area contributed by atoms with E-state index in [2.05, 4.69) is 39.3 Å². The van der Waals surface area contributed by atoms with Crippen LogP contribution in [0.15, 0.2) is 91.1 Å². The van der Waals surface area contributed by atoms with Crippen molar-refractivity contribution in [3.05, 3.63) is 96.7 Å². The smallest absolute Gasteiger partial charge is 0.321 e. The van der Waals surface area contributed by atoms with Gasteiger partial charge in [0, 0.05) is 22.9 Å². The number of benzene rings is 3. The van der Waals surface area contributed by atoms with Crippen LogP contribution < -0.4 is 15.8 Å². The highest BCUT2D eigenvalue weighted by atomic mass is 16.5. The number of imidazole rings is 1. The second kappa shape index (κ2) is 8.30. The highest BCUT2D eigenvalue weighted by Crippen LogP contribution is 2.40. The Morgan fingerprint density at radius 1 is 0.838 bits per heavy atom. The molecule has 3 heterocycles. The van der Waals surface area contributed by atoms with Crippen LogP contribution in [0.2, 0.25) is 0 Å². The molecule has 0 saturated heterocycles. The lowest BCUT2D eigenvalue weighted by Gasteiger charge is -2.38. The molecule has 0 amide bonds. The van der Waals surface area contributed by atoms with Gasteiger partial charge in [0.05, 0.1) is 16.6 Å². The summed E-state index contributed by atoms with van der Waals surface area (Å²) in [4.78, 5) is 14.7. The molecule has 1 fully saturated rings. The van der Waals surface area contributed by atoms with E-state index >= 15 is 0 Å². The summed E-state index contributed by atoms with van der Waals surface area (Å²) in [5.74, 6) is 0.804. The van der Waals surface area contributed by atoms with Crippen molar-refractivity contribution in [1.82, 2.24) is 15.0 Å². The van der Waals surface area contributed by atoms with Crippen molar-refractivity contribution in [2.75, 3.05) is 5.48 Å². The first-order valence-corrected chi connectivity index (χ1v) is 12.4. The van der Waals surface area contributed by atoms with Crippen molar-refractivity contribution in [1.29, 1.82) is 0 Å². The van der Waals surface area contributed by atoms with Crippen molar-refractivity contribution in [2.24, 2.45) is 5.73 Å². The lowest BCUT2D eigenvalue weighted by Crippen LogP contribution is -2.43. The van der Waals surface area contributed by atoms with E-state index in [1.165, 1.54) is 12.0 Å². The number of nitrogens with one attached hydrogen (secondary N) is 1. The zero-order chi connectivity index (χ0) is 25.0. The van der Waals surface area contributed by atoms with E-state index in [-0.39, 0.29) is 5.54 Å². The lowest BCUT2D eigenvalue weighted by molar-refractivity contribution is -0.552. The Hall–Kier alpha value is -4.46. The number of hydrogen-bond acceptors (Lipinski definition) is 6. The molecule has 180 valence electrons. The van der Waals surface area contributed by atoms with Crippen LogP contribution in [-0.2, 0) is 5.54 Å². The average Bonchev–Trinajstić information content (AvgIpc) is 3.26. The maximum Gasteiger partial charge on any atom is 0.339 e. The van der Waals surface area contributed by atoms with Gasteiger partial charge in [0.2, 0.25) is 11.3 Å². The molecule has 7 nitrogen and oxygen atoms in total. The number of nitrogens with zero attached hydrogens (tertiary/aromatic N) is 4. The molecule has 3 aliphatic rings. The molecule has 0 unspecified atom stereocenters. The van der Waals surface area contributed by atoms with Gasteiger partial charge >= 0.3 is 5.82 Å². The van der Waals surface area contributed by atoms with E-state index in [9.17, 15) is 5.21 Å². The van der Waals surface area contributed by atoms with E-state index in [4.69, 9.17) is 15.7 Å². The molecule has 7 heteroatoms. The minimum atomic E-state index is -0.225. The average molecular weight is 486 g/mol. The van der Waals surface area contributed by atoms with Gasteiger partial charge in [-0.15, -0.1) is 0 Å². The summed E-state index contributed by atoms with van der Waals surface area (Å²) in [6, 6.07) is 28.2. The second-order valence-corrected chi connectivity index (χ2v) is 9.72. The molecule has 0 bridgehead atoms. The predicted octanol–water partition coefficient (Wildman–Crippen LogP) is 5.37. The molecular weight excluding hydrogens is 460 g/mol. The minimum Gasteiger partial charge on any atom is -0.321 e. The Morgan fingerprint density at radius 2 is 1.59 bits per heavy atom. The van der Waals surface area contributed by atoms with Crippen LogP contribution in [0.5, 0.6) is 0 Å². The zero-order valence-electron chi connectivity index (χ0n) is 20.1. The molecular formula is C30H25N6O+. The third-order valence-corrected chi connectivity index (χ3v) is 7.52. The van der Waals surface area contributed by atoms with Crippen LogP contribution in [0, 0.1) is 0 Å². The van der Waals surface area contributed by atoms with Gasteiger partial charge < -0.3 is 5.73 Å². The van der Waals surface area contributed by atoms with E-state index in [1.54, 1.807) is 6.20 Å². The summed E-state index contributed by atoms with van der Waals surface area (Å²) in [7, 11) is 0. The third kappa shape index (κ3) is 3.43. The van der Waals surface area contributed by atoms with Gasteiger partial charge in [-0.2, -0.15) is 4.57 Å². The van der Waals surface area contributed by atoms with Gasteiger partial charge in [0.25, 0.3) is 0 Å². The quantitative estimate of drug-likeness (QED) is 0.229. The van der Waals surface area contributed by atoms with Crippen LogP contribution in [-0.4, -0.2) is 20.2 Å². The standard InChI is InChI=1S/C30H25N6O/c31-30(16-4-17-30)21-12-8-20(9-13-21)27-26(19-10-14-22(35-37)15-11-19)34-29-23-5-1-2-6-24(23)33-28-25(36(27)29)7-3-18-32-28/h1-3,5-15,18,35,37H,4,16-17,31H2/q+1. The molecule has 7 rings (SSSR count). The number of nitrogens with two attached hydrogens (primary N) is 1. The van der Waals surface area contributed by atoms with Crippen LogP contribution in [0.25, 0.3) is 50.4 Å². The summed E-state index contributed by atoms with van der Waals surface area (Å²) in [5, 5.41) is 10.3. The fourth-order valence-corrected chi connectivity index (χ4v) is 5.34. The van der Waals surface area contributed by atoms with Crippen LogP contribution >= 0.6 is 0 Å². The molecule has 4 N–H and O–H groups in total. The number of fused-ring (bicyclic) bond motifs is 5. The Labute approximate surface area is 213 Å².